The molecule has 0 radical (unpaired) electrons. The zero-order valence-corrected chi connectivity index (χ0v) is 12.2. The minimum Gasteiger partial charge on any atom is -0.357 e. The van der Waals surface area contributed by atoms with E-state index in [2.05, 4.69) is 34.0 Å². The molecule has 7 heteroatoms. The van der Waals surface area contributed by atoms with Crippen LogP contribution in [0.5, 0.6) is 0 Å². The normalized spacial score (nSPS) is 21.3. The lowest BCUT2D eigenvalue weighted by atomic mass is 10.3. The summed E-state index contributed by atoms with van der Waals surface area (Å²) in [6.45, 7) is 5.90. The third-order valence-corrected chi connectivity index (χ3v) is 5.06. The van der Waals surface area contributed by atoms with Crippen LogP contribution >= 0.6 is 0 Å². The van der Waals surface area contributed by atoms with Crippen LogP contribution < -0.4 is 10.2 Å². The van der Waals surface area contributed by atoms with E-state index in [1.54, 1.807) is 6.20 Å². The molecule has 1 aliphatic rings. The van der Waals surface area contributed by atoms with E-state index in [1.807, 2.05) is 6.07 Å². The average Bonchev–Trinajstić information content (AvgIpc) is 2.71. The molecule has 0 saturated carbocycles. The molecule has 2 heterocycles. The Hall–Kier alpha value is -1.37. The summed E-state index contributed by atoms with van der Waals surface area (Å²) in [7, 11) is -2.88. The molecule has 1 aliphatic heterocycles. The molecule has 1 fully saturated rings. The Labute approximate surface area is 114 Å². The topological polar surface area (TPSA) is 75.2 Å². The minimum atomic E-state index is -2.88. The van der Waals surface area contributed by atoms with Crippen molar-refractivity contribution in [3.8, 4) is 0 Å². The van der Waals surface area contributed by atoms with Gasteiger partial charge in [0.2, 0.25) is 5.95 Å². The van der Waals surface area contributed by atoms with Gasteiger partial charge < -0.3 is 10.2 Å². The zero-order valence-electron chi connectivity index (χ0n) is 11.3. The van der Waals surface area contributed by atoms with Gasteiger partial charge in [-0.05, 0) is 26.3 Å². The van der Waals surface area contributed by atoms with Crippen molar-refractivity contribution in [3.05, 3.63) is 12.3 Å². The number of sulfone groups is 1. The quantitative estimate of drug-likeness (QED) is 0.866. The van der Waals surface area contributed by atoms with Crippen molar-refractivity contribution in [1.82, 2.24) is 9.97 Å². The van der Waals surface area contributed by atoms with Crippen LogP contribution in [-0.4, -0.2) is 49.0 Å². The SMILES string of the molecule is CCN(CC)c1ccnc(NC2CCS(=O)(=O)C2)n1. The smallest absolute Gasteiger partial charge is 0.224 e. The van der Waals surface area contributed by atoms with E-state index in [9.17, 15) is 8.42 Å². The molecule has 1 atom stereocenters. The second-order valence-corrected chi connectivity index (χ2v) is 6.88. The molecule has 1 saturated heterocycles. The molecule has 1 aromatic rings. The van der Waals surface area contributed by atoms with Crippen molar-refractivity contribution in [2.24, 2.45) is 0 Å². The molecule has 0 bridgehead atoms. The Bertz CT molecular complexity index is 528. The molecule has 106 valence electrons. The van der Waals surface area contributed by atoms with Gasteiger partial charge in [-0.1, -0.05) is 0 Å². The lowest BCUT2D eigenvalue weighted by Gasteiger charge is -2.20. The fourth-order valence-corrected chi connectivity index (χ4v) is 3.91. The zero-order chi connectivity index (χ0) is 13.9. The summed E-state index contributed by atoms with van der Waals surface area (Å²) >= 11 is 0. The molecule has 1 aromatic heterocycles. The van der Waals surface area contributed by atoms with Crippen LogP contribution in [0, 0.1) is 0 Å². The highest BCUT2D eigenvalue weighted by molar-refractivity contribution is 7.91. The highest BCUT2D eigenvalue weighted by atomic mass is 32.2. The third-order valence-electron chi connectivity index (χ3n) is 3.29. The van der Waals surface area contributed by atoms with Crippen LogP contribution in [0.4, 0.5) is 11.8 Å². The summed E-state index contributed by atoms with van der Waals surface area (Å²) in [5.74, 6) is 1.79. The molecule has 0 amide bonds. The van der Waals surface area contributed by atoms with Gasteiger partial charge in [-0.2, -0.15) is 4.98 Å². The van der Waals surface area contributed by atoms with E-state index in [4.69, 9.17) is 0 Å². The van der Waals surface area contributed by atoms with Crippen LogP contribution in [0.3, 0.4) is 0 Å². The average molecular weight is 284 g/mol. The maximum atomic E-state index is 11.4. The summed E-state index contributed by atoms with van der Waals surface area (Å²) in [5, 5.41) is 3.11. The van der Waals surface area contributed by atoms with Gasteiger partial charge in [-0.25, -0.2) is 13.4 Å². The highest BCUT2D eigenvalue weighted by Gasteiger charge is 2.28. The van der Waals surface area contributed by atoms with Crippen molar-refractivity contribution in [2.45, 2.75) is 26.3 Å². The van der Waals surface area contributed by atoms with Gasteiger partial charge in [0, 0.05) is 25.3 Å². The van der Waals surface area contributed by atoms with Crippen molar-refractivity contribution in [1.29, 1.82) is 0 Å². The van der Waals surface area contributed by atoms with Gasteiger partial charge in [0.25, 0.3) is 0 Å². The fourth-order valence-electron chi connectivity index (χ4n) is 2.23. The van der Waals surface area contributed by atoms with Gasteiger partial charge in [0.15, 0.2) is 9.84 Å². The first kappa shape index (κ1) is 14.0. The van der Waals surface area contributed by atoms with E-state index in [0.29, 0.717) is 12.4 Å². The third kappa shape index (κ3) is 3.56. The molecule has 0 aliphatic carbocycles. The first-order valence-electron chi connectivity index (χ1n) is 6.59. The number of anilines is 2. The van der Waals surface area contributed by atoms with Crippen molar-refractivity contribution >= 4 is 21.6 Å². The van der Waals surface area contributed by atoms with Gasteiger partial charge in [0.1, 0.15) is 5.82 Å². The van der Waals surface area contributed by atoms with Crippen LogP contribution in [0.2, 0.25) is 0 Å². The first-order valence-corrected chi connectivity index (χ1v) is 8.41. The fraction of sp³-hybridized carbons (Fsp3) is 0.667. The molecule has 0 spiro atoms. The minimum absolute atomic E-state index is 0.0723. The number of nitrogens with zero attached hydrogens (tertiary/aromatic N) is 3. The number of hydrogen-bond donors (Lipinski definition) is 1. The van der Waals surface area contributed by atoms with E-state index < -0.39 is 9.84 Å². The Kier molecular flexibility index (Phi) is 4.24. The van der Waals surface area contributed by atoms with Crippen LogP contribution in [-0.2, 0) is 9.84 Å². The van der Waals surface area contributed by atoms with Crippen molar-refractivity contribution < 1.29 is 8.42 Å². The van der Waals surface area contributed by atoms with E-state index in [0.717, 1.165) is 18.9 Å². The molecular formula is C12H20N4O2S. The first-order chi connectivity index (χ1) is 9.04. The summed E-state index contributed by atoms with van der Waals surface area (Å²) in [5.41, 5.74) is 0. The van der Waals surface area contributed by atoms with Gasteiger partial charge in [-0.3, -0.25) is 0 Å². The van der Waals surface area contributed by atoms with Crippen LogP contribution in [0.15, 0.2) is 12.3 Å². The predicted molar refractivity (Wildman–Crippen MR) is 76.3 cm³/mol. The summed E-state index contributed by atoms with van der Waals surface area (Å²) in [6.07, 6.45) is 2.33. The van der Waals surface area contributed by atoms with Gasteiger partial charge in [0.05, 0.1) is 11.5 Å². The number of aromatic nitrogens is 2. The Morgan fingerprint density at radius 3 is 2.74 bits per heavy atom. The number of rotatable bonds is 5. The van der Waals surface area contributed by atoms with Gasteiger partial charge in [-0.15, -0.1) is 0 Å². The van der Waals surface area contributed by atoms with Crippen LogP contribution in [0.25, 0.3) is 0 Å². The number of hydrogen-bond acceptors (Lipinski definition) is 6. The highest BCUT2D eigenvalue weighted by Crippen LogP contribution is 2.17. The molecular weight excluding hydrogens is 264 g/mol. The Morgan fingerprint density at radius 2 is 2.16 bits per heavy atom. The molecule has 2 rings (SSSR count). The Balaban J connectivity index is 2.07. The summed E-state index contributed by atoms with van der Waals surface area (Å²) < 4.78 is 22.8. The van der Waals surface area contributed by atoms with Crippen molar-refractivity contribution in [3.63, 3.8) is 0 Å². The Morgan fingerprint density at radius 1 is 1.42 bits per heavy atom. The van der Waals surface area contributed by atoms with Gasteiger partial charge >= 0.3 is 0 Å². The van der Waals surface area contributed by atoms with E-state index in [1.165, 1.54) is 0 Å². The lowest BCUT2D eigenvalue weighted by Crippen LogP contribution is -2.25. The largest absolute Gasteiger partial charge is 0.357 e. The monoisotopic (exact) mass is 284 g/mol. The molecule has 1 unspecified atom stereocenters. The second kappa shape index (κ2) is 5.73. The molecule has 1 N–H and O–H groups in total. The second-order valence-electron chi connectivity index (χ2n) is 4.66. The van der Waals surface area contributed by atoms with Crippen molar-refractivity contribution in [2.75, 3.05) is 34.8 Å². The molecule has 19 heavy (non-hydrogen) atoms. The molecule has 0 aromatic carbocycles. The number of nitrogens with one attached hydrogen (secondary N) is 1. The van der Waals surface area contributed by atoms with Crippen LogP contribution in [0.1, 0.15) is 20.3 Å². The maximum Gasteiger partial charge on any atom is 0.224 e. The standard InChI is InChI=1S/C12H20N4O2S/c1-3-16(4-2)11-5-7-13-12(15-11)14-10-6-8-19(17,18)9-10/h5,7,10H,3-4,6,8-9H2,1-2H3,(H,13,14,15). The summed E-state index contributed by atoms with van der Waals surface area (Å²) in [6, 6.07) is 1.79. The maximum absolute atomic E-state index is 11.4. The van der Waals surface area contributed by atoms with E-state index >= 15 is 0 Å². The predicted octanol–water partition coefficient (Wildman–Crippen LogP) is 0.922. The van der Waals surface area contributed by atoms with E-state index in [-0.39, 0.29) is 17.5 Å². The lowest BCUT2D eigenvalue weighted by molar-refractivity contribution is 0.602. The summed E-state index contributed by atoms with van der Waals surface area (Å²) in [4.78, 5) is 10.7. The molecule has 6 nitrogen and oxygen atoms in total.